The summed E-state index contributed by atoms with van der Waals surface area (Å²) >= 11 is 0. The van der Waals surface area contributed by atoms with E-state index >= 15 is 0 Å². The summed E-state index contributed by atoms with van der Waals surface area (Å²) in [5.41, 5.74) is 5.62. The van der Waals surface area contributed by atoms with Crippen LogP contribution in [0, 0.1) is 17.8 Å². The van der Waals surface area contributed by atoms with Crippen LogP contribution >= 0.6 is 0 Å². The molecule has 5 rings (SSSR count). The molecular formula is C38H45NO6. The Morgan fingerprint density at radius 1 is 0.956 bits per heavy atom. The van der Waals surface area contributed by atoms with Gasteiger partial charge >= 0.3 is 5.97 Å². The highest BCUT2D eigenvalue weighted by molar-refractivity contribution is 6.07. The van der Waals surface area contributed by atoms with Gasteiger partial charge in [-0.2, -0.15) is 0 Å². The predicted molar refractivity (Wildman–Crippen MR) is 174 cm³/mol. The van der Waals surface area contributed by atoms with Crippen LogP contribution in [0.25, 0.3) is 0 Å². The maximum atomic E-state index is 14.1. The molecule has 45 heavy (non-hydrogen) atoms. The van der Waals surface area contributed by atoms with Gasteiger partial charge in [0.1, 0.15) is 13.2 Å². The zero-order valence-electron chi connectivity index (χ0n) is 27.4. The van der Waals surface area contributed by atoms with Gasteiger partial charge in [0.05, 0.1) is 6.61 Å². The molecule has 2 aromatic carbocycles. The first kappa shape index (κ1) is 32.3. The summed E-state index contributed by atoms with van der Waals surface area (Å²) in [5.74, 6) is -0.562. The van der Waals surface area contributed by atoms with Crippen molar-refractivity contribution in [2.24, 2.45) is 10.8 Å². The fraction of sp³-hybridized carbons (Fsp3) is 0.447. The molecule has 1 N–H and O–H groups in total. The van der Waals surface area contributed by atoms with E-state index in [1.807, 2.05) is 77.9 Å². The lowest BCUT2D eigenvalue weighted by molar-refractivity contribution is -0.138. The zero-order chi connectivity index (χ0) is 32.7. The van der Waals surface area contributed by atoms with Gasteiger partial charge in [0.25, 0.3) is 0 Å². The highest BCUT2D eigenvalue weighted by Crippen LogP contribution is 2.55. The molecule has 7 nitrogen and oxygen atoms in total. The van der Waals surface area contributed by atoms with Crippen LogP contribution < -0.4 is 9.47 Å². The molecular weight excluding hydrogens is 566 g/mol. The summed E-state index contributed by atoms with van der Waals surface area (Å²) in [6.45, 7) is 16.6. The van der Waals surface area contributed by atoms with E-state index < -0.39 is 11.9 Å². The third-order valence-electron chi connectivity index (χ3n) is 8.97. The van der Waals surface area contributed by atoms with Gasteiger partial charge in [-0.25, -0.2) is 0 Å². The van der Waals surface area contributed by atoms with Gasteiger partial charge in [0.2, 0.25) is 0 Å². The number of aliphatic carboxylic acids is 1. The van der Waals surface area contributed by atoms with E-state index in [9.17, 15) is 19.5 Å². The second kappa shape index (κ2) is 12.3. The van der Waals surface area contributed by atoms with Crippen LogP contribution in [0.5, 0.6) is 11.5 Å². The van der Waals surface area contributed by atoms with E-state index in [2.05, 4.69) is 6.58 Å². The Hall–Kier alpha value is -4.13. The molecule has 7 heteroatoms. The van der Waals surface area contributed by atoms with Crippen LogP contribution in [0.15, 0.2) is 71.6 Å². The van der Waals surface area contributed by atoms with E-state index in [1.165, 1.54) is 5.56 Å². The number of rotatable bonds is 10. The molecule has 0 spiro atoms. The second-order valence-corrected chi connectivity index (χ2v) is 14.2. The molecule has 0 unspecified atom stereocenters. The van der Waals surface area contributed by atoms with Crippen LogP contribution in [0.3, 0.4) is 0 Å². The molecule has 0 saturated carbocycles. The maximum Gasteiger partial charge on any atom is 0.323 e. The molecule has 3 aliphatic rings. The molecule has 2 aliphatic carbocycles. The smallest absolute Gasteiger partial charge is 0.323 e. The minimum atomic E-state index is -0.999. The summed E-state index contributed by atoms with van der Waals surface area (Å²) in [7, 11) is 0. The van der Waals surface area contributed by atoms with E-state index in [4.69, 9.17) is 9.47 Å². The first-order valence-electron chi connectivity index (χ1n) is 15.8. The number of hydrogen-bond donors (Lipinski definition) is 1. The maximum absolute atomic E-state index is 14.1. The third kappa shape index (κ3) is 6.63. The average Bonchev–Trinajstić information content (AvgIpc) is 2.93. The van der Waals surface area contributed by atoms with Crippen molar-refractivity contribution in [3.63, 3.8) is 0 Å². The Kier molecular flexibility index (Phi) is 8.85. The van der Waals surface area contributed by atoms with Crippen molar-refractivity contribution in [2.45, 2.75) is 86.2 Å². The second-order valence-electron chi connectivity index (χ2n) is 14.2. The fourth-order valence-electron chi connectivity index (χ4n) is 7.13. The highest BCUT2D eigenvalue weighted by Gasteiger charge is 2.49. The summed E-state index contributed by atoms with van der Waals surface area (Å²) in [6, 6.07) is 12.1. The lowest BCUT2D eigenvalue weighted by Crippen LogP contribution is -2.45. The van der Waals surface area contributed by atoms with E-state index in [0.717, 1.165) is 28.1 Å². The lowest BCUT2D eigenvalue weighted by Gasteiger charge is -2.48. The van der Waals surface area contributed by atoms with Crippen molar-refractivity contribution in [2.75, 3.05) is 13.2 Å². The monoisotopic (exact) mass is 611 g/mol. The first-order chi connectivity index (χ1) is 21.2. The summed E-state index contributed by atoms with van der Waals surface area (Å²) < 4.78 is 12.6. The van der Waals surface area contributed by atoms with Crippen LogP contribution in [0.1, 0.15) is 88.5 Å². The Labute approximate surface area is 266 Å². The molecule has 0 fully saturated rings. The average molecular weight is 612 g/mol. The molecule has 0 bridgehead atoms. The van der Waals surface area contributed by atoms with Gasteiger partial charge in [-0.3, -0.25) is 14.4 Å². The van der Waals surface area contributed by atoms with Crippen molar-refractivity contribution < 1.29 is 29.0 Å². The molecule has 2 aromatic rings. The minimum absolute atomic E-state index is 0.0475. The number of benzene rings is 2. The Bertz CT molecular complexity index is 1550. The van der Waals surface area contributed by atoms with Crippen molar-refractivity contribution in [1.29, 1.82) is 0 Å². The van der Waals surface area contributed by atoms with Crippen molar-refractivity contribution in [1.82, 2.24) is 4.90 Å². The number of carbonyl (C=O) groups excluding carboxylic acids is 2. The normalized spacial score (nSPS) is 19.3. The summed E-state index contributed by atoms with van der Waals surface area (Å²) in [6.07, 6.45) is 4.02. The SMILES string of the molecule is C=CCc1cc(C2C3=C(CC(C)(C)CC3=O)N(CC(=O)O)C3=C2C(=O)CC(C)(C)C3)cc(OCC)c1OCc1ccc(C)cc1. The molecule has 1 heterocycles. The number of Topliss-reactive ketones (excluding diaryl/α,β-unsaturated/α-hetero) is 2. The van der Waals surface area contributed by atoms with Crippen LogP contribution in [-0.4, -0.2) is 40.7 Å². The fourth-order valence-corrected chi connectivity index (χ4v) is 7.13. The summed E-state index contributed by atoms with van der Waals surface area (Å²) in [4.78, 5) is 42.2. The highest BCUT2D eigenvalue weighted by atomic mass is 16.5. The topological polar surface area (TPSA) is 93.1 Å². The molecule has 0 aromatic heterocycles. The molecule has 0 saturated heterocycles. The number of carboxylic acid groups (broad SMARTS) is 1. The third-order valence-corrected chi connectivity index (χ3v) is 8.97. The van der Waals surface area contributed by atoms with Gasteiger partial charge in [-0.05, 0) is 61.1 Å². The van der Waals surface area contributed by atoms with Gasteiger partial charge in [0, 0.05) is 46.9 Å². The molecule has 238 valence electrons. The number of allylic oxidation sites excluding steroid dienone is 5. The van der Waals surface area contributed by atoms with Crippen LogP contribution in [0.4, 0.5) is 0 Å². The van der Waals surface area contributed by atoms with Crippen molar-refractivity contribution in [3.05, 3.63) is 93.8 Å². The number of hydrogen-bond acceptors (Lipinski definition) is 6. The van der Waals surface area contributed by atoms with E-state index in [1.54, 1.807) is 11.0 Å². The van der Waals surface area contributed by atoms with Gasteiger partial charge in [-0.1, -0.05) is 69.7 Å². The predicted octanol–water partition coefficient (Wildman–Crippen LogP) is 7.47. The number of carbonyl (C=O) groups is 3. The standard InChI is InChI=1S/C38H45NO6/c1-8-10-25-15-26(16-31(44-9-2)36(25)45-22-24-13-11-23(3)12-14-24)33-34-27(17-37(4,5)19-29(34)40)39(21-32(42)43)28-18-38(6,7)20-30(41)35(28)33/h8,11-16,33H,1,9-10,17-22H2,2-7H3,(H,42,43). The van der Waals surface area contributed by atoms with Crippen molar-refractivity contribution >= 4 is 17.5 Å². The summed E-state index contributed by atoms with van der Waals surface area (Å²) in [5, 5.41) is 9.99. The Morgan fingerprint density at radius 2 is 1.53 bits per heavy atom. The Balaban J connectivity index is 1.72. The minimum Gasteiger partial charge on any atom is -0.490 e. The number of ether oxygens (including phenoxy) is 2. The van der Waals surface area contributed by atoms with Crippen LogP contribution in [-0.2, 0) is 27.4 Å². The van der Waals surface area contributed by atoms with E-state index in [0.29, 0.717) is 68.0 Å². The molecule has 0 atom stereocenters. The number of ketones is 2. The lowest BCUT2D eigenvalue weighted by atomic mass is 9.63. The molecule has 0 amide bonds. The molecule has 1 aliphatic heterocycles. The first-order valence-corrected chi connectivity index (χ1v) is 15.8. The van der Waals surface area contributed by atoms with Gasteiger partial charge in [-0.15, -0.1) is 6.58 Å². The van der Waals surface area contributed by atoms with Gasteiger partial charge < -0.3 is 19.5 Å². The Morgan fingerprint density at radius 3 is 2.04 bits per heavy atom. The van der Waals surface area contributed by atoms with Gasteiger partial charge in [0.15, 0.2) is 23.1 Å². The largest absolute Gasteiger partial charge is 0.490 e. The van der Waals surface area contributed by atoms with Crippen molar-refractivity contribution in [3.8, 4) is 11.5 Å². The molecule has 0 radical (unpaired) electrons. The quantitative estimate of drug-likeness (QED) is 0.279. The van der Waals surface area contributed by atoms with E-state index in [-0.39, 0.29) is 28.9 Å². The number of carboxylic acids is 1. The number of nitrogens with zero attached hydrogens (tertiary/aromatic N) is 1. The zero-order valence-corrected chi connectivity index (χ0v) is 27.4. The number of aryl methyl sites for hydroxylation is 1. The van der Waals surface area contributed by atoms with Crippen LogP contribution in [0.2, 0.25) is 0 Å².